The smallest absolute Gasteiger partial charge is 0.303 e. The number of carboxylic acids is 1. The van der Waals surface area contributed by atoms with Crippen molar-refractivity contribution in [1.29, 1.82) is 0 Å². The fourth-order valence-corrected chi connectivity index (χ4v) is 2.65. The van der Waals surface area contributed by atoms with Gasteiger partial charge in [-0.2, -0.15) is 0 Å². The van der Waals surface area contributed by atoms with Gasteiger partial charge in [-0.25, -0.2) is 4.39 Å². The summed E-state index contributed by atoms with van der Waals surface area (Å²) in [6, 6.07) is 6.46. The lowest BCUT2D eigenvalue weighted by Gasteiger charge is -2.18. The van der Waals surface area contributed by atoms with E-state index in [2.05, 4.69) is 0 Å². The Hall–Kier alpha value is -1.38. The van der Waals surface area contributed by atoms with Gasteiger partial charge in [-0.05, 0) is 42.4 Å². The highest BCUT2D eigenvalue weighted by atomic mass is 19.1. The number of rotatable bonds is 3. The van der Waals surface area contributed by atoms with Crippen LogP contribution < -0.4 is 0 Å². The van der Waals surface area contributed by atoms with Crippen LogP contribution in [0, 0.1) is 11.7 Å². The van der Waals surface area contributed by atoms with Crippen molar-refractivity contribution in [2.75, 3.05) is 0 Å². The fraction of sp³-hybridized carbons (Fsp3) is 0.462. The number of halogens is 1. The molecule has 1 N–H and O–H groups in total. The van der Waals surface area contributed by atoms with Gasteiger partial charge in [-0.3, -0.25) is 4.79 Å². The van der Waals surface area contributed by atoms with Crippen molar-refractivity contribution in [2.24, 2.45) is 5.92 Å². The van der Waals surface area contributed by atoms with Crippen LogP contribution in [-0.2, 0) is 4.79 Å². The molecule has 3 heteroatoms. The molecule has 1 saturated carbocycles. The number of carbonyl (C=O) groups is 1. The van der Waals surface area contributed by atoms with Crippen molar-refractivity contribution in [1.82, 2.24) is 0 Å². The summed E-state index contributed by atoms with van der Waals surface area (Å²) >= 11 is 0. The van der Waals surface area contributed by atoms with Gasteiger partial charge in [0.2, 0.25) is 0 Å². The van der Waals surface area contributed by atoms with Gasteiger partial charge in [0.1, 0.15) is 5.82 Å². The van der Waals surface area contributed by atoms with Crippen LogP contribution in [0.5, 0.6) is 0 Å². The zero-order valence-corrected chi connectivity index (χ0v) is 9.03. The van der Waals surface area contributed by atoms with E-state index in [1.165, 1.54) is 12.1 Å². The molecule has 86 valence electrons. The average molecular weight is 222 g/mol. The predicted molar refractivity (Wildman–Crippen MR) is 58.7 cm³/mol. The molecule has 0 bridgehead atoms. The van der Waals surface area contributed by atoms with Gasteiger partial charge in [0, 0.05) is 6.42 Å². The summed E-state index contributed by atoms with van der Waals surface area (Å²) in [6.07, 6.45) is 3.28. The molecule has 2 atom stereocenters. The second-order valence-corrected chi connectivity index (χ2v) is 4.45. The summed E-state index contributed by atoms with van der Waals surface area (Å²) in [6.45, 7) is 0. The molecule has 0 spiro atoms. The van der Waals surface area contributed by atoms with E-state index in [4.69, 9.17) is 5.11 Å². The van der Waals surface area contributed by atoms with Crippen molar-refractivity contribution >= 4 is 5.97 Å². The third kappa shape index (κ3) is 2.40. The summed E-state index contributed by atoms with van der Waals surface area (Å²) in [5, 5.41) is 8.82. The minimum atomic E-state index is -0.737. The molecule has 0 heterocycles. The summed E-state index contributed by atoms with van der Waals surface area (Å²) in [7, 11) is 0. The normalized spacial score (nSPS) is 24.6. The van der Waals surface area contributed by atoms with Gasteiger partial charge in [0.05, 0.1) is 0 Å². The van der Waals surface area contributed by atoms with Crippen molar-refractivity contribution in [3.8, 4) is 0 Å². The Balaban J connectivity index is 2.13. The summed E-state index contributed by atoms with van der Waals surface area (Å²) < 4.78 is 12.8. The van der Waals surface area contributed by atoms with Crippen molar-refractivity contribution < 1.29 is 14.3 Å². The van der Waals surface area contributed by atoms with Gasteiger partial charge in [0.15, 0.2) is 0 Å². The molecule has 0 amide bonds. The quantitative estimate of drug-likeness (QED) is 0.852. The van der Waals surface area contributed by atoms with Crippen LogP contribution in [0.3, 0.4) is 0 Å². The first kappa shape index (κ1) is 11.1. The SMILES string of the molecule is O=C(O)CC1CCCC1c1ccc(F)cc1. The molecule has 2 rings (SSSR count). The van der Waals surface area contributed by atoms with Gasteiger partial charge >= 0.3 is 5.97 Å². The summed E-state index contributed by atoms with van der Waals surface area (Å²) in [4.78, 5) is 10.7. The molecule has 1 aliphatic carbocycles. The van der Waals surface area contributed by atoms with Crippen LogP contribution in [0.2, 0.25) is 0 Å². The topological polar surface area (TPSA) is 37.3 Å². The predicted octanol–water partition coefficient (Wildman–Crippen LogP) is 3.18. The molecule has 0 aromatic heterocycles. The first-order valence-corrected chi connectivity index (χ1v) is 5.64. The maximum absolute atomic E-state index is 12.8. The minimum Gasteiger partial charge on any atom is -0.481 e. The third-order valence-electron chi connectivity index (χ3n) is 3.39. The standard InChI is InChI=1S/C13H15FO2/c14-11-6-4-9(5-7-11)12-3-1-2-10(12)8-13(15)16/h4-7,10,12H,1-3,8H2,(H,15,16). The summed E-state index contributed by atoms with van der Waals surface area (Å²) in [5.74, 6) is -0.477. The first-order valence-electron chi connectivity index (χ1n) is 5.64. The van der Waals surface area contributed by atoms with E-state index in [1.54, 1.807) is 12.1 Å². The Kier molecular flexibility index (Phi) is 3.22. The lowest BCUT2D eigenvalue weighted by atomic mass is 9.87. The van der Waals surface area contributed by atoms with Crippen molar-refractivity contribution in [3.63, 3.8) is 0 Å². The monoisotopic (exact) mass is 222 g/mol. The maximum Gasteiger partial charge on any atom is 0.303 e. The summed E-state index contributed by atoms with van der Waals surface area (Å²) in [5.41, 5.74) is 1.07. The molecular weight excluding hydrogens is 207 g/mol. The second-order valence-electron chi connectivity index (χ2n) is 4.45. The molecular formula is C13H15FO2. The molecule has 1 fully saturated rings. The molecule has 0 radical (unpaired) electrons. The third-order valence-corrected chi connectivity index (χ3v) is 3.39. The maximum atomic E-state index is 12.8. The van der Waals surface area contributed by atoms with E-state index in [0.29, 0.717) is 0 Å². The second kappa shape index (κ2) is 4.64. The fourth-order valence-electron chi connectivity index (χ4n) is 2.65. The van der Waals surface area contributed by atoms with Gasteiger partial charge in [-0.1, -0.05) is 18.6 Å². The lowest BCUT2D eigenvalue weighted by Crippen LogP contribution is -2.11. The van der Waals surface area contributed by atoms with Gasteiger partial charge in [0.25, 0.3) is 0 Å². The van der Waals surface area contributed by atoms with Crippen LogP contribution in [0.25, 0.3) is 0 Å². The highest BCUT2D eigenvalue weighted by molar-refractivity contribution is 5.67. The minimum absolute atomic E-state index is 0.211. The van der Waals surface area contributed by atoms with Crippen LogP contribution in [-0.4, -0.2) is 11.1 Å². The Morgan fingerprint density at radius 2 is 2.00 bits per heavy atom. The Morgan fingerprint density at radius 1 is 1.31 bits per heavy atom. The zero-order chi connectivity index (χ0) is 11.5. The molecule has 16 heavy (non-hydrogen) atoms. The number of benzene rings is 1. The molecule has 2 unspecified atom stereocenters. The molecule has 1 aliphatic rings. The van der Waals surface area contributed by atoms with Gasteiger partial charge in [-0.15, -0.1) is 0 Å². The molecule has 0 aliphatic heterocycles. The largest absolute Gasteiger partial charge is 0.481 e. The molecule has 1 aromatic carbocycles. The number of carboxylic acid groups (broad SMARTS) is 1. The number of aliphatic carboxylic acids is 1. The average Bonchev–Trinajstić information content (AvgIpc) is 2.66. The number of hydrogen-bond donors (Lipinski definition) is 1. The first-order chi connectivity index (χ1) is 7.66. The lowest BCUT2D eigenvalue weighted by molar-refractivity contribution is -0.138. The Labute approximate surface area is 94.1 Å². The van der Waals surface area contributed by atoms with Crippen LogP contribution in [0.15, 0.2) is 24.3 Å². The van der Waals surface area contributed by atoms with E-state index in [0.717, 1.165) is 24.8 Å². The van der Waals surface area contributed by atoms with Crippen LogP contribution in [0.4, 0.5) is 4.39 Å². The Morgan fingerprint density at radius 3 is 2.62 bits per heavy atom. The molecule has 2 nitrogen and oxygen atoms in total. The highest BCUT2D eigenvalue weighted by Crippen LogP contribution is 2.41. The zero-order valence-electron chi connectivity index (χ0n) is 9.03. The van der Waals surface area contributed by atoms with Crippen molar-refractivity contribution in [3.05, 3.63) is 35.6 Å². The van der Waals surface area contributed by atoms with E-state index in [1.807, 2.05) is 0 Å². The van der Waals surface area contributed by atoms with Crippen molar-refractivity contribution in [2.45, 2.75) is 31.6 Å². The molecule has 1 aromatic rings. The van der Waals surface area contributed by atoms with E-state index in [9.17, 15) is 9.18 Å². The number of hydrogen-bond acceptors (Lipinski definition) is 1. The highest BCUT2D eigenvalue weighted by Gasteiger charge is 2.30. The Bertz CT molecular complexity index is 372. The van der Waals surface area contributed by atoms with E-state index >= 15 is 0 Å². The van der Waals surface area contributed by atoms with E-state index < -0.39 is 5.97 Å². The van der Waals surface area contributed by atoms with Crippen LogP contribution in [0.1, 0.15) is 37.2 Å². The van der Waals surface area contributed by atoms with Crippen LogP contribution >= 0.6 is 0 Å². The van der Waals surface area contributed by atoms with Gasteiger partial charge < -0.3 is 5.11 Å². The van der Waals surface area contributed by atoms with E-state index in [-0.39, 0.29) is 24.1 Å². The molecule has 0 saturated heterocycles.